The summed E-state index contributed by atoms with van der Waals surface area (Å²) in [6.07, 6.45) is 0. The molecule has 0 aliphatic rings. The number of aromatic nitrogens is 1. The van der Waals surface area contributed by atoms with Crippen molar-refractivity contribution in [3.05, 3.63) is 64.2 Å². The van der Waals surface area contributed by atoms with Crippen molar-refractivity contribution in [2.75, 3.05) is 0 Å². The molecule has 0 saturated carbocycles. The zero-order chi connectivity index (χ0) is 25.7. The van der Waals surface area contributed by atoms with Crippen molar-refractivity contribution in [2.45, 2.75) is 78.6 Å². The van der Waals surface area contributed by atoms with Crippen molar-refractivity contribution in [1.29, 1.82) is 10.5 Å². The van der Waals surface area contributed by atoms with E-state index >= 15 is 0 Å². The first-order chi connectivity index (χ1) is 16.2. The highest BCUT2D eigenvalue weighted by Gasteiger charge is 2.27. The predicted molar refractivity (Wildman–Crippen MR) is 147 cm³/mol. The van der Waals surface area contributed by atoms with Gasteiger partial charge in [0.05, 0.1) is 39.8 Å². The molecule has 0 radical (unpaired) electrons. The van der Waals surface area contributed by atoms with Gasteiger partial charge in [-0.3, -0.25) is 0 Å². The van der Waals surface area contributed by atoms with E-state index in [1.807, 2.05) is 0 Å². The van der Waals surface area contributed by atoms with Crippen molar-refractivity contribution in [1.82, 2.24) is 4.40 Å². The van der Waals surface area contributed by atoms with Crippen molar-refractivity contribution in [3.8, 4) is 12.1 Å². The van der Waals surface area contributed by atoms with E-state index in [2.05, 4.69) is 115 Å². The molecule has 0 N–H and O–H groups in total. The second kappa shape index (κ2) is 6.99. The quantitative estimate of drug-likeness (QED) is 0.233. The maximum absolute atomic E-state index is 10.0. The van der Waals surface area contributed by atoms with Crippen molar-refractivity contribution in [2.24, 2.45) is 0 Å². The molecule has 5 aromatic rings. The Balaban J connectivity index is 2.10. The first-order valence-electron chi connectivity index (χ1n) is 12.3. The van der Waals surface area contributed by atoms with Gasteiger partial charge in [-0.05, 0) is 69.3 Å². The van der Waals surface area contributed by atoms with Gasteiger partial charge in [0.2, 0.25) is 0 Å². The second-order valence-corrected chi connectivity index (χ2v) is 13.1. The highest BCUT2D eigenvalue weighted by atomic mass is 14.9. The molecule has 35 heavy (non-hydrogen) atoms. The van der Waals surface area contributed by atoms with E-state index in [1.165, 1.54) is 32.6 Å². The average Bonchev–Trinajstić information content (AvgIpc) is 3.25. The van der Waals surface area contributed by atoms with Gasteiger partial charge in [-0.1, -0.05) is 62.3 Å². The summed E-state index contributed by atoms with van der Waals surface area (Å²) < 4.78 is 2.28. The average molecular weight is 460 g/mol. The lowest BCUT2D eigenvalue weighted by atomic mass is 9.81. The maximum atomic E-state index is 10.0. The molecule has 0 unspecified atom stereocenters. The molecule has 0 bridgehead atoms. The summed E-state index contributed by atoms with van der Waals surface area (Å²) in [6, 6.07) is 18.1. The Hall–Kier alpha value is -3.56. The minimum absolute atomic E-state index is 0.0131. The Morgan fingerprint density at radius 1 is 0.543 bits per heavy atom. The lowest BCUT2D eigenvalue weighted by Crippen LogP contribution is -2.13. The molecule has 0 amide bonds. The van der Waals surface area contributed by atoms with Crippen LogP contribution < -0.4 is 0 Å². The molecule has 3 heteroatoms. The smallest absolute Gasteiger partial charge is 0.0995 e. The summed E-state index contributed by atoms with van der Waals surface area (Å²) >= 11 is 0. The highest BCUT2D eigenvalue weighted by Crippen LogP contribution is 2.44. The topological polar surface area (TPSA) is 52.0 Å². The molecule has 0 aliphatic carbocycles. The Kier molecular flexibility index (Phi) is 4.63. The zero-order valence-corrected chi connectivity index (χ0v) is 22.3. The Labute approximate surface area is 207 Å². The molecule has 3 aromatic carbocycles. The van der Waals surface area contributed by atoms with E-state index in [1.54, 1.807) is 0 Å². The lowest BCUT2D eigenvalue weighted by Gasteiger charge is -2.22. The minimum Gasteiger partial charge on any atom is -0.308 e. The number of nitrogens with zero attached hydrogens (tertiary/aromatic N) is 3. The molecule has 176 valence electrons. The number of hydrogen-bond donors (Lipinski definition) is 0. The summed E-state index contributed by atoms with van der Waals surface area (Å²) in [6.45, 7) is 19.7. The zero-order valence-electron chi connectivity index (χ0n) is 22.3. The Morgan fingerprint density at radius 3 is 1.26 bits per heavy atom. The first kappa shape index (κ1) is 23.2. The van der Waals surface area contributed by atoms with Crippen LogP contribution in [0.2, 0.25) is 0 Å². The fraction of sp³-hybridized carbons (Fsp3) is 0.375. The fourth-order valence-corrected chi connectivity index (χ4v) is 5.49. The number of nitriles is 2. The van der Waals surface area contributed by atoms with Gasteiger partial charge in [0.15, 0.2) is 0 Å². The number of fused-ring (bicyclic) bond motifs is 6. The third kappa shape index (κ3) is 3.30. The van der Waals surface area contributed by atoms with Crippen molar-refractivity contribution < 1.29 is 0 Å². The van der Waals surface area contributed by atoms with Gasteiger partial charge in [0.1, 0.15) is 0 Å². The van der Waals surface area contributed by atoms with Crippen LogP contribution >= 0.6 is 0 Å². The van der Waals surface area contributed by atoms with E-state index in [0.29, 0.717) is 11.1 Å². The third-order valence-electron chi connectivity index (χ3n) is 7.39. The summed E-state index contributed by atoms with van der Waals surface area (Å²) in [5, 5.41) is 24.8. The SMILES string of the molecule is CC(C)(C)c1cc2c3cc(C(C)(C)C)c(C#N)cc3n3c4cc(C#N)c(C(C)(C)C)cc4c(c1)c23. The maximum Gasteiger partial charge on any atom is 0.0995 e. The van der Waals surface area contributed by atoms with Crippen LogP contribution in [0.1, 0.15) is 90.1 Å². The van der Waals surface area contributed by atoms with Gasteiger partial charge in [0, 0.05) is 21.5 Å². The van der Waals surface area contributed by atoms with Gasteiger partial charge in [-0.2, -0.15) is 10.5 Å². The molecular weight excluding hydrogens is 426 g/mol. The number of benzene rings is 3. The molecule has 2 aromatic heterocycles. The van der Waals surface area contributed by atoms with Gasteiger partial charge in [-0.25, -0.2) is 0 Å². The van der Waals surface area contributed by atoms with Crippen molar-refractivity contribution in [3.63, 3.8) is 0 Å². The van der Waals surface area contributed by atoms with E-state index in [-0.39, 0.29) is 16.2 Å². The van der Waals surface area contributed by atoms with Gasteiger partial charge in [0.25, 0.3) is 0 Å². The van der Waals surface area contributed by atoms with Crippen LogP contribution in [0.5, 0.6) is 0 Å². The molecule has 0 atom stereocenters. The minimum atomic E-state index is -0.143. The van der Waals surface area contributed by atoms with E-state index < -0.39 is 0 Å². The van der Waals surface area contributed by atoms with Gasteiger partial charge >= 0.3 is 0 Å². The number of rotatable bonds is 0. The second-order valence-electron chi connectivity index (χ2n) is 13.1. The fourth-order valence-electron chi connectivity index (χ4n) is 5.49. The van der Waals surface area contributed by atoms with Crippen LogP contribution in [-0.4, -0.2) is 4.40 Å². The van der Waals surface area contributed by atoms with Crippen LogP contribution in [0, 0.1) is 22.7 Å². The lowest BCUT2D eigenvalue weighted by molar-refractivity contribution is 0.589. The summed E-state index contributed by atoms with van der Waals surface area (Å²) in [5.41, 5.74) is 7.77. The summed E-state index contributed by atoms with van der Waals surface area (Å²) in [4.78, 5) is 0. The summed E-state index contributed by atoms with van der Waals surface area (Å²) in [7, 11) is 0. The largest absolute Gasteiger partial charge is 0.308 e. The molecule has 0 spiro atoms. The Bertz CT molecular complexity index is 1630. The molecule has 2 heterocycles. The van der Waals surface area contributed by atoms with Crippen LogP contribution in [0.3, 0.4) is 0 Å². The third-order valence-corrected chi connectivity index (χ3v) is 7.39. The van der Waals surface area contributed by atoms with E-state index in [9.17, 15) is 10.5 Å². The normalized spacial score (nSPS) is 13.2. The highest BCUT2D eigenvalue weighted by molar-refractivity contribution is 6.24. The van der Waals surface area contributed by atoms with E-state index in [0.717, 1.165) is 22.2 Å². The van der Waals surface area contributed by atoms with E-state index in [4.69, 9.17) is 0 Å². The van der Waals surface area contributed by atoms with Crippen LogP contribution in [-0.2, 0) is 16.2 Å². The first-order valence-corrected chi connectivity index (χ1v) is 12.3. The van der Waals surface area contributed by atoms with Crippen LogP contribution in [0.25, 0.3) is 38.1 Å². The van der Waals surface area contributed by atoms with Crippen LogP contribution in [0.4, 0.5) is 0 Å². The molecule has 0 fully saturated rings. The molecule has 5 rings (SSSR count). The molecular formula is C32H33N3. The standard InChI is InChI=1S/C32H33N3/c1-30(2,3)20-12-23-21-14-25(31(4,5)6)18(16-33)10-27(21)35-28-11-19(17-34)26(32(7,8)9)15-22(28)24(13-20)29(23)35/h10-15H,1-9H3. The number of hydrogen-bond acceptors (Lipinski definition) is 2. The molecule has 3 nitrogen and oxygen atoms in total. The van der Waals surface area contributed by atoms with Gasteiger partial charge in [-0.15, -0.1) is 0 Å². The van der Waals surface area contributed by atoms with Gasteiger partial charge < -0.3 is 4.40 Å². The monoisotopic (exact) mass is 459 g/mol. The Morgan fingerprint density at radius 2 is 0.943 bits per heavy atom. The molecule has 0 saturated heterocycles. The molecule has 0 aliphatic heterocycles. The summed E-state index contributed by atoms with van der Waals surface area (Å²) in [5.74, 6) is 0. The predicted octanol–water partition coefficient (Wildman–Crippen LogP) is 8.47. The van der Waals surface area contributed by atoms with Crippen molar-refractivity contribution >= 4 is 38.1 Å². The van der Waals surface area contributed by atoms with Crippen LogP contribution in [0.15, 0.2) is 36.4 Å².